The van der Waals surface area contributed by atoms with Gasteiger partial charge < -0.3 is 28.1 Å². The monoisotopic (exact) mass is 1080 g/mol. The van der Waals surface area contributed by atoms with Crippen LogP contribution in [-0.2, 0) is 0 Å². The number of hydrogen-bond acceptors (Lipinski definition) is 2. The van der Waals surface area contributed by atoms with Crippen LogP contribution in [0.4, 0.5) is 34.1 Å². The van der Waals surface area contributed by atoms with E-state index in [-0.39, 0.29) is 6.71 Å². The zero-order chi connectivity index (χ0) is 55.4. The number of anilines is 6. The van der Waals surface area contributed by atoms with Gasteiger partial charge in [-0.25, -0.2) is 0 Å². The van der Waals surface area contributed by atoms with Crippen molar-refractivity contribution < 1.29 is 0 Å². The molecule has 0 unspecified atom stereocenters. The summed E-state index contributed by atoms with van der Waals surface area (Å²) in [4.78, 5) is 5.02. The molecule has 17 aromatic rings. The quantitative estimate of drug-likeness (QED) is 0.155. The molecular weight excluding hydrogens is 1030 g/mol. The van der Waals surface area contributed by atoms with E-state index < -0.39 is 0 Å². The molecule has 0 radical (unpaired) electrons. The molecule has 0 fully saturated rings. The van der Waals surface area contributed by atoms with Gasteiger partial charge in [-0.1, -0.05) is 164 Å². The highest BCUT2D eigenvalue weighted by molar-refractivity contribution is 7.00. The fraction of sp³-hybridized carbons (Fsp3) is 0. The summed E-state index contributed by atoms with van der Waals surface area (Å²) in [6.07, 6.45) is 0. The average Bonchev–Trinajstić information content (AvgIpc) is 3.32. The molecule has 0 N–H and O–H groups in total. The fourth-order valence-electron chi connectivity index (χ4n) is 15.1. The summed E-state index contributed by atoms with van der Waals surface area (Å²) in [6.45, 7) is -0.0712. The Morgan fingerprint density at radius 1 is 0.188 bits per heavy atom. The van der Waals surface area contributed by atoms with Crippen LogP contribution >= 0.6 is 0 Å². The highest BCUT2D eigenvalue weighted by Gasteiger charge is 2.43. The normalized spacial score (nSPS) is 12.9. The molecule has 4 aromatic heterocycles. The van der Waals surface area contributed by atoms with Crippen molar-refractivity contribution in [3.05, 3.63) is 297 Å². The van der Waals surface area contributed by atoms with Crippen LogP contribution in [0.1, 0.15) is 0 Å². The van der Waals surface area contributed by atoms with E-state index in [0.717, 1.165) is 50.8 Å². The van der Waals surface area contributed by atoms with Gasteiger partial charge in [0.25, 0.3) is 6.71 Å². The molecule has 0 saturated carbocycles. The first-order chi connectivity index (χ1) is 42.2. The van der Waals surface area contributed by atoms with Gasteiger partial charge in [-0.3, -0.25) is 0 Å². The highest BCUT2D eigenvalue weighted by atomic mass is 15.2. The summed E-state index contributed by atoms with van der Waals surface area (Å²) in [5, 5.41) is 9.86. The second-order valence-electron chi connectivity index (χ2n) is 22.8. The van der Waals surface area contributed by atoms with Gasteiger partial charge in [0.1, 0.15) is 0 Å². The first kappa shape index (κ1) is 46.3. The van der Waals surface area contributed by atoms with E-state index in [4.69, 9.17) is 0 Å². The minimum absolute atomic E-state index is 0.0712. The summed E-state index contributed by atoms with van der Waals surface area (Å²) in [6, 6.07) is 110. The van der Waals surface area contributed by atoms with Crippen molar-refractivity contribution in [1.29, 1.82) is 0 Å². The third kappa shape index (κ3) is 6.49. The lowest BCUT2D eigenvalue weighted by Crippen LogP contribution is -2.61. The molecule has 13 aromatic carbocycles. The van der Waals surface area contributed by atoms with Gasteiger partial charge in [-0.2, -0.15) is 0 Å². The smallest absolute Gasteiger partial charge is 0.252 e. The summed E-state index contributed by atoms with van der Waals surface area (Å²) in [5.74, 6) is 0. The third-order valence-corrected chi connectivity index (χ3v) is 18.5. The Bertz CT molecular complexity index is 5320. The number of benzene rings is 13. The van der Waals surface area contributed by atoms with Crippen LogP contribution in [0, 0.1) is 0 Å². The Morgan fingerprint density at radius 2 is 0.471 bits per heavy atom. The molecule has 0 aliphatic carbocycles. The number of para-hydroxylation sites is 8. The summed E-state index contributed by atoms with van der Waals surface area (Å²) in [7, 11) is 0. The topological polar surface area (TPSA) is 26.2 Å². The molecule has 0 saturated heterocycles. The molecule has 0 spiro atoms. The number of fused-ring (bicyclic) bond motifs is 16. The first-order valence-corrected chi connectivity index (χ1v) is 29.4. The van der Waals surface area contributed by atoms with Crippen molar-refractivity contribution in [3.63, 3.8) is 0 Å². The Balaban J connectivity index is 0.861. The van der Waals surface area contributed by atoms with Crippen molar-refractivity contribution in [3.8, 4) is 22.7 Å². The fourth-order valence-corrected chi connectivity index (χ4v) is 15.1. The van der Waals surface area contributed by atoms with Crippen molar-refractivity contribution in [2.75, 3.05) is 9.80 Å². The number of hydrogen-bond donors (Lipinski definition) is 0. The molecule has 0 amide bonds. The van der Waals surface area contributed by atoms with Crippen molar-refractivity contribution in [1.82, 2.24) is 18.3 Å². The highest BCUT2D eigenvalue weighted by Crippen LogP contribution is 2.47. The molecule has 0 bridgehead atoms. The minimum atomic E-state index is -0.0712. The maximum Gasteiger partial charge on any atom is 0.252 e. The Labute approximate surface area is 489 Å². The molecule has 2 aliphatic rings. The summed E-state index contributed by atoms with van der Waals surface area (Å²) < 4.78 is 9.84. The van der Waals surface area contributed by atoms with E-state index in [2.05, 4.69) is 325 Å². The van der Waals surface area contributed by atoms with Crippen LogP contribution in [0.15, 0.2) is 297 Å². The predicted molar refractivity (Wildman–Crippen MR) is 358 cm³/mol. The van der Waals surface area contributed by atoms with Gasteiger partial charge in [0.15, 0.2) is 0 Å². The van der Waals surface area contributed by atoms with E-state index in [1.165, 1.54) is 110 Å². The van der Waals surface area contributed by atoms with Crippen LogP contribution in [-0.4, -0.2) is 25.0 Å². The minimum Gasteiger partial charge on any atom is -0.311 e. The lowest BCUT2D eigenvalue weighted by molar-refractivity contribution is 1.15. The van der Waals surface area contributed by atoms with Crippen LogP contribution in [0.2, 0.25) is 0 Å². The third-order valence-electron chi connectivity index (χ3n) is 18.5. The number of rotatable bonds is 6. The van der Waals surface area contributed by atoms with Gasteiger partial charge in [0, 0.05) is 100.0 Å². The van der Waals surface area contributed by atoms with Crippen LogP contribution < -0.4 is 26.2 Å². The summed E-state index contributed by atoms with van der Waals surface area (Å²) in [5.41, 5.74) is 24.6. The summed E-state index contributed by atoms with van der Waals surface area (Å²) >= 11 is 0. The van der Waals surface area contributed by atoms with Gasteiger partial charge in [0.2, 0.25) is 0 Å². The molecule has 0 atom stereocenters. The largest absolute Gasteiger partial charge is 0.311 e. The lowest BCUT2D eigenvalue weighted by atomic mass is 9.33. The van der Waals surface area contributed by atoms with Crippen molar-refractivity contribution >= 4 is 144 Å². The van der Waals surface area contributed by atoms with Gasteiger partial charge in [0.05, 0.1) is 44.1 Å². The Kier molecular flexibility index (Phi) is 9.61. The average molecular weight is 1080 g/mol. The van der Waals surface area contributed by atoms with Crippen molar-refractivity contribution in [2.24, 2.45) is 0 Å². The zero-order valence-electron chi connectivity index (χ0n) is 46.1. The predicted octanol–water partition coefficient (Wildman–Crippen LogP) is 18.2. The molecule has 2 aliphatic heterocycles. The van der Waals surface area contributed by atoms with Crippen LogP contribution in [0.3, 0.4) is 0 Å². The van der Waals surface area contributed by atoms with Crippen LogP contribution in [0.5, 0.6) is 0 Å². The van der Waals surface area contributed by atoms with Crippen LogP contribution in [0.25, 0.3) is 110 Å². The van der Waals surface area contributed by atoms with E-state index in [1.54, 1.807) is 0 Å². The van der Waals surface area contributed by atoms with Gasteiger partial charge >= 0.3 is 0 Å². The van der Waals surface area contributed by atoms with Gasteiger partial charge in [-0.15, -0.1) is 0 Å². The molecule has 394 valence electrons. The number of aromatic nitrogens is 4. The van der Waals surface area contributed by atoms with Gasteiger partial charge in [-0.05, 0) is 150 Å². The zero-order valence-corrected chi connectivity index (χ0v) is 46.1. The number of nitrogens with zero attached hydrogens (tertiary/aromatic N) is 6. The maximum absolute atomic E-state index is 2.52. The lowest BCUT2D eigenvalue weighted by Gasteiger charge is -2.44. The van der Waals surface area contributed by atoms with E-state index in [1.807, 2.05) is 0 Å². The molecule has 85 heavy (non-hydrogen) atoms. The molecule has 6 heterocycles. The molecule has 7 heteroatoms. The Hall–Kier alpha value is -11.3. The molecule has 19 rings (SSSR count). The first-order valence-electron chi connectivity index (χ1n) is 29.4. The second kappa shape index (κ2) is 17.6. The van der Waals surface area contributed by atoms with E-state index in [9.17, 15) is 0 Å². The Morgan fingerprint density at radius 3 is 0.812 bits per heavy atom. The second-order valence-corrected chi connectivity index (χ2v) is 22.8. The standard InChI is InChI=1S/C78H49BN6/c1-3-20-50(21-4-1)80-74-36-19-37-75-78(74)79(64-42-38-54(48-76(64)80)84-70-34-17-11-28-60(70)61-29-12-18-35-71(61)84)65-43-39-55(49-77(65)81(75)51-22-5-2-6-23-51)85-72-44-40-52(82-66-30-13-7-24-56(66)57-25-8-14-31-67(57)82)46-62(72)63-47-53(41-45-73(63)85)83-68-32-15-9-26-58(68)59-27-10-16-33-69(59)83/h1-49H. The van der Waals surface area contributed by atoms with E-state index >= 15 is 0 Å². The SMILES string of the molecule is c1ccc(N2c3cc(-n4c5ccccc5c5ccccc54)ccc3B3c4ccc(-n5c6ccc(-n7c8ccccc8c8ccccc87)cc6c6cc(-n7c8ccccc8c8ccccc87)ccc65)cc4N(c4ccccc4)c4cccc2c43)cc1. The maximum atomic E-state index is 2.52. The molecule has 6 nitrogen and oxygen atoms in total. The van der Waals surface area contributed by atoms with Crippen molar-refractivity contribution in [2.45, 2.75) is 0 Å². The van der Waals surface area contributed by atoms with E-state index in [0.29, 0.717) is 0 Å². The molecular formula is C78H49BN6.